The van der Waals surface area contributed by atoms with Crippen molar-refractivity contribution in [3.05, 3.63) is 122 Å². The molecule has 0 radical (unpaired) electrons. The maximum absolute atomic E-state index is 5.24. The maximum atomic E-state index is 5.24. The summed E-state index contributed by atoms with van der Waals surface area (Å²) in [5.41, 5.74) is 20.9. The maximum Gasteiger partial charge on any atom is 0.166 e. The van der Waals surface area contributed by atoms with Gasteiger partial charge in [0.05, 0.1) is 0 Å². The monoisotopic (exact) mass is 631 g/mol. The summed E-state index contributed by atoms with van der Waals surface area (Å²) < 4.78 is 0. The second-order valence-electron chi connectivity index (χ2n) is 13.5. The molecule has 0 amide bonds. The van der Waals surface area contributed by atoms with Crippen molar-refractivity contribution in [2.75, 3.05) is 0 Å². The molecule has 0 N–H and O–H groups in total. The van der Waals surface area contributed by atoms with Gasteiger partial charge >= 0.3 is 0 Å². The van der Waals surface area contributed by atoms with E-state index in [1.165, 1.54) is 22.3 Å². The predicted molar refractivity (Wildman–Crippen MR) is 199 cm³/mol. The number of hydrogen-bond donors (Lipinski definition) is 0. The Bertz CT molecular complexity index is 2110. The van der Waals surface area contributed by atoms with Crippen molar-refractivity contribution in [3.8, 4) is 56.4 Å². The highest BCUT2D eigenvalue weighted by atomic mass is 15.0. The zero-order chi connectivity index (χ0) is 34.6. The molecule has 5 heteroatoms. The Balaban J connectivity index is 1.69. The second-order valence-corrected chi connectivity index (χ2v) is 13.5. The van der Waals surface area contributed by atoms with Crippen LogP contribution < -0.4 is 0 Å². The van der Waals surface area contributed by atoms with Crippen LogP contribution in [0.15, 0.2) is 54.6 Å². The van der Waals surface area contributed by atoms with E-state index in [0.29, 0.717) is 17.5 Å². The van der Waals surface area contributed by atoms with Gasteiger partial charge in [0.1, 0.15) is 0 Å². The second kappa shape index (κ2) is 12.5. The minimum absolute atomic E-state index is 0.625. The fourth-order valence-electron chi connectivity index (χ4n) is 6.56. The summed E-state index contributed by atoms with van der Waals surface area (Å²) in [5, 5.41) is 0. The molecule has 48 heavy (non-hydrogen) atoms. The Labute approximate surface area is 285 Å². The quantitative estimate of drug-likeness (QED) is 0.189. The lowest BCUT2D eigenvalue weighted by Crippen LogP contribution is -2.08. The molecule has 3 aromatic carbocycles. The molecule has 0 atom stereocenters. The summed E-state index contributed by atoms with van der Waals surface area (Å²) in [7, 11) is 0. The van der Waals surface area contributed by atoms with E-state index in [1.54, 1.807) is 0 Å². The van der Waals surface area contributed by atoms with Crippen molar-refractivity contribution < 1.29 is 0 Å². The van der Waals surface area contributed by atoms with E-state index in [9.17, 15) is 0 Å². The number of rotatable bonds is 5. The molecule has 5 nitrogen and oxygen atoms in total. The Morgan fingerprint density at radius 3 is 1.06 bits per heavy atom. The van der Waals surface area contributed by atoms with E-state index in [1.807, 2.05) is 13.8 Å². The van der Waals surface area contributed by atoms with Crippen molar-refractivity contribution in [2.45, 2.75) is 83.1 Å². The first-order valence-corrected chi connectivity index (χ1v) is 16.7. The average Bonchev–Trinajstić information content (AvgIpc) is 3.05. The highest BCUT2D eigenvalue weighted by Crippen LogP contribution is 2.37. The number of aryl methyl sites for hydroxylation is 8. The minimum atomic E-state index is 0.625. The van der Waals surface area contributed by atoms with Crippen molar-refractivity contribution in [1.29, 1.82) is 0 Å². The van der Waals surface area contributed by atoms with Crippen molar-refractivity contribution >= 4 is 0 Å². The van der Waals surface area contributed by atoms with Gasteiger partial charge in [0.25, 0.3) is 0 Å². The molecule has 3 aromatic heterocycles. The van der Waals surface area contributed by atoms with E-state index >= 15 is 0 Å². The van der Waals surface area contributed by atoms with Crippen LogP contribution in [0.25, 0.3) is 56.4 Å². The third-order valence-electron chi connectivity index (χ3n) is 10.3. The smallest absolute Gasteiger partial charge is 0.166 e. The lowest BCUT2D eigenvalue weighted by molar-refractivity contribution is 1.01. The predicted octanol–water partition coefficient (Wildman–Crippen LogP) is 10.7. The lowest BCUT2D eigenvalue weighted by Gasteiger charge is -2.18. The van der Waals surface area contributed by atoms with E-state index in [4.69, 9.17) is 24.9 Å². The average molecular weight is 632 g/mol. The van der Waals surface area contributed by atoms with Crippen LogP contribution in [-0.2, 0) is 0 Å². The van der Waals surface area contributed by atoms with Crippen LogP contribution in [0, 0.1) is 83.1 Å². The van der Waals surface area contributed by atoms with Gasteiger partial charge in [-0.15, -0.1) is 0 Å². The third-order valence-corrected chi connectivity index (χ3v) is 10.3. The molecule has 0 saturated heterocycles. The Kier molecular flexibility index (Phi) is 8.59. The summed E-state index contributed by atoms with van der Waals surface area (Å²) in [6, 6.07) is 20.1. The van der Waals surface area contributed by atoms with Gasteiger partial charge in [-0.2, -0.15) is 0 Å². The van der Waals surface area contributed by atoms with Gasteiger partial charge in [-0.1, -0.05) is 36.4 Å². The first kappa shape index (κ1) is 32.9. The molecule has 0 saturated carbocycles. The summed E-state index contributed by atoms with van der Waals surface area (Å²) in [6.45, 7) is 25.4. The SMILES string of the molecule is Cc1ccc(-c2cc(-c3ccc(C)c(C)c3)cc(-c3nc(-c4c(C)nc(C)c(C)c4C)nc(-c4c(C)nc(C)c(C)c4C)n3)c2)cc1C. The molecule has 3 heterocycles. The zero-order valence-electron chi connectivity index (χ0n) is 30.4. The van der Waals surface area contributed by atoms with Gasteiger partial charge in [-0.25, -0.2) is 15.0 Å². The number of aromatic nitrogens is 5. The molecular formula is C43H45N5. The van der Waals surface area contributed by atoms with Gasteiger partial charge < -0.3 is 0 Å². The van der Waals surface area contributed by atoms with Gasteiger partial charge in [-0.05, 0) is 168 Å². The van der Waals surface area contributed by atoms with E-state index in [2.05, 4.69) is 124 Å². The summed E-state index contributed by atoms with van der Waals surface area (Å²) in [5.74, 6) is 1.88. The van der Waals surface area contributed by atoms with Crippen LogP contribution >= 0.6 is 0 Å². The molecular weight excluding hydrogens is 587 g/mol. The highest BCUT2D eigenvalue weighted by molar-refractivity contribution is 5.81. The topological polar surface area (TPSA) is 64.5 Å². The largest absolute Gasteiger partial charge is 0.257 e. The molecule has 0 aliphatic rings. The third kappa shape index (κ3) is 5.94. The molecule has 6 aromatic rings. The fourth-order valence-corrected chi connectivity index (χ4v) is 6.56. The lowest BCUT2D eigenvalue weighted by atomic mass is 9.93. The first-order valence-electron chi connectivity index (χ1n) is 16.7. The fraction of sp³-hybridized carbons (Fsp3) is 0.279. The van der Waals surface area contributed by atoms with E-state index in [-0.39, 0.29) is 0 Å². The summed E-state index contributed by atoms with van der Waals surface area (Å²) >= 11 is 0. The number of nitrogens with zero attached hydrogens (tertiary/aromatic N) is 5. The standard InChI is InChI=1S/C43H45N5/c1-22-13-15-34(17-24(22)3)36-19-37(35-16-14-23(2)25(4)18-35)21-38(20-36)41-46-42(39-28(7)26(5)30(9)44-32(39)11)48-43(47-41)40-29(8)27(6)31(10)45-33(40)12/h13-21H,1-12H3. The van der Waals surface area contributed by atoms with Crippen LogP contribution in [0.1, 0.15) is 67.3 Å². The molecule has 0 aliphatic heterocycles. The highest BCUT2D eigenvalue weighted by Gasteiger charge is 2.22. The number of pyridine rings is 2. The van der Waals surface area contributed by atoms with Crippen LogP contribution in [0.4, 0.5) is 0 Å². The van der Waals surface area contributed by atoms with Gasteiger partial charge in [0, 0.05) is 39.5 Å². The van der Waals surface area contributed by atoms with E-state index < -0.39 is 0 Å². The molecule has 0 aliphatic carbocycles. The van der Waals surface area contributed by atoms with Crippen LogP contribution in [0.5, 0.6) is 0 Å². The summed E-state index contributed by atoms with van der Waals surface area (Å²) in [4.78, 5) is 25.5. The Morgan fingerprint density at radius 1 is 0.292 bits per heavy atom. The van der Waals surface area contributed by atoms with Gasteiger partial charge in [0.2, 0.25) is 0 Å². The molecule has 0 bridgehead atoms. The number of benzene rings is 3. The normalized spacial score (nSPS) is 11.3. The zero-order valence-corrected chi connectivity index (χ0v) is 30.4. The van der Waals surface area contributed by atoms with Crippen molar-refractivity contribution in [3.63, 3.8) is 0 Å². The minimum Gasteiger partial charge on any atom is -0.257 e. The molecule has 6 rings (SSSR count). The Hall–Kier alpha value is -5.03. The van der Waals surface area contributed by atoms with Crippen LogP contribution in [0.3, 0.4) is 0 Å². The van der Waals surface area contributed by atoms with Crippen molar-refractivity contribution in [2.24, 2.45) is 0 Å². The molecule has 0 unspecified atom stereocenters. The molecule has 0 spiro atoms. The van der Waals surface area contributed by atoms with Gasteiger partial charge in [-0.3, -0.25) is 9.97 Å². The number of hydrogen-bond acceptors (Lipinski definition) is 5. The van der Waals surface area contributed by atoms with Crippen molar-refractivity contribution in [1.82, 2.24) is 24.9 Å². The van der Waals surface area contributed by atoms with E-state index in [0.717, 1.165) is 84.0 Å². The molecule has 0 fully saturated rings. The van der Waals surface area contributed by atoms with Crippen LogP contribution in [-0.4, -0.2) is 24.9 Å². The first-order chi connectivity index (χ1) is 22.7. The molecule has 242 valence electrons. The Morgan fingerprint density at radius 2 is 0.667 bits per heavy atom. The summed E-state index contributed by atoms with van der Waals surface area (Å²) in [6.07, 6.45) is 0. The van der Waals surface area contributed by atoms with Crippen LogP contribution in [0.2, 0.25) is 0 Å². The van der Waals surface area contributed by atoms with Gasteiger partial charge in [0.15, 0.2) is 17.5 Å².